The van der Waals surface area contributed by atoms with Gasteiger partial charge in [-0.05, 0) is 6.42 Å². The van der Waals surface area contributed by atoms with Crippen LogP contribution in [0.2, 0.25) is 0 Å². The maximum atomic E-state index is 5.49. The number of methoxy groups -OCH3 is 1. The van der Waals surface area contributed by atoms with E-state index in [1.807, 2.05) is 0 Å². The average Bonchev–Trinajstić information content (AvgIpc) is 2.30. The van der Waals surface area contributed by atoms with Crippen LogP contribution in [0.3, 0.4) is 0 Å². The van der Waals surface area contributed by atoms with Crippen LogP contribution < -0.4 is 0 Å². The minimum atomic E-state index is 0.324. The zero-order chi connectivity index (χ0) is 7.56. The normalized spacial score (nSPS) is 40.5. The third-order valence-electron chi connectivity index (χ3n) is 2.17. The Morgan fingerprint density at radius 3 is 2.70 bits per heavy atom. The van der Waals surface area contributed by atoms with Crippen molar-refractivity contribution in [2.45, 2.75) is 32.5 Å². The fourth-order valence-corrected chi connectivity index (χ4v) is 1.57. The molecule has 0 saturated carbocycles. The molecule has 0 spiro atoms. The highest BCUT2D eigenvalue weighted by atomic mass is 16.5. The lowest BCUT2D eigenvalue weighted by Crippen LogP contribution is -2.26. The van der Waals surface area contributed by atoms with Gasteiger partial charge in [0.25, 0.3) is 0 Å². The lowest BCUT2D eigenvalue weighted by atomic mass is 10.0. The Hall–Kier alpha value is -0.0800. The summed E-state index contributed by atoms with van der Waals surface area (Å²) in [5, 5.41) is 0. The third-order valence-corrected chi connectivity index (χ3v) is 2.17. The van der Waals surface area contributed by atoms with Crippen molar-refractivity contribution >= 4 is 0 Å². The van der Waals surface area contributed by atoms with E-state index in [9.17, 15) is 0 Å². The minimum Gasteiger partial charge on any atom is -0.378 e. The van der Waals surface area contributed by atoms with Crippen LogP contribution in [0.25, 0.3) is 0 Å². The molecule has 60 valence electrons. The highest BCUT2D eigenvalue weighted by molar-refractivity contribution is 4.80. The van der Waals surface area contributed by atoms with Gasteiger partial charge < -0.3 is 9.47 Å². The highest BCUT2D eigenvalue weighted by Crippen LogP contribution is 2.24. The summed E-state index contributed by atoms with van der Waals surface area (Å²) in [6.45, 7) is 5.16. The molecule has 1 saturated heterocycles. The molecule has 2 nitrogen and oxygen atoms in total. The smallest absolute Gasteiger partial charge is 0.0880 e. The molecule has 0 amide bonds. The molecule has 1 aliphatic heterocycles. The molecular weight excluding hydrogens is 128 g/mol. The molecule has 1 rings (SSSR count). The van der Waals surface area contributed by atoms with Crippen LogP contribution in [0.4, 0.5) is 0 Å². The van der Waals surface area contributed by atoms with Gasteiger partial charge in [0.2, 0.25) is 0 Å². The fourth-order valence-electron chi connectivity index (χ4n) is 1.57. The van der Waals surface area contributed by atoms with Gasteiger partial charge in [-0.15, -0.1) is 0 Å². The van der Waals surface area contributed by atoms with Crippen LogP contribution in [0.5, 0.6) is 0 Å². The lowest BCUT2D eigenvalue weighted by molar-refractivity contribution is 0.00877. The number of hydrogen-bond donors (Lipinski definition) is 0. The molecule has 0 aromatic rings. The Kier molecular flexibility index (Phi) is 2.69. The molecule has 0 aromatic carbocycles. The average molecular weight is 144 g/mol. The summed E-state index contributed by atoms with van der Waals surface area (Å²) in [6, 6.07) is 0. The summed E-state index contributed by atoms with van der Waals surface area (Å²) in [7, 11) is 1.76. The molecule has 0 N–H and O–H groups in total. The van der Waals surface area contributed by atoms with Crippen LogP contribution in [-0.4, -0.2) is 25.9 Å². The maximum absolute atomic E-state index is 5.49. The first-order valence-corrected chi connectivity index (χ1v) is 3.94. The lowest BCUT2D eigenvalue weighted by Gasteiger charge is -2.17. The van der Waals surface area contributed by atoms with E-state index in [2.05, 4.69) is 13.8 Å². The van der Waals surface area contributed by atoms with Crippen molar-refractivity contribution in [1.82, 2.24) is 0 Å². The number of hydrogen-bond acceptors (Lipinski definition) is 2. The minimum absolute atomic E-state index is 0.324. The fraction of sp³-hybridized carbons (Fsp3) is 1.00. The van der Waals surface area contributed by atoms with E-state index in [1.54, 1.807) is 7.11 Å². The Morgan fingerprint density at radius 2 is 2.30 bits per heavy atom. The molecule has 1 heterocycles. The van der Waals surface area contributed by atoms with E-state index in [0.29, 0.717) is 18.1 Å². The van der Waals surface area contributed by atoms with Crippen molar-refractivity contribution in [2.24, 2.45) is 5.92 Å². The topological polar surface area (TPSA) is 18.5 Å². The first-order chi connectivity index (χ1) is 4.79. The van der Waals surface area contributed by atoms with Crippen molar-refractivity contribution in [2.75, 3.05) is 13.7 Å². The van der Waals surface area contributed by atoms with Gasteiger partial charge in [0.15, 0.2) is 0 Å². The zero-order valence-electron chi connectivity index (χ0n) is 6.96. The van der Waals surface area contributed by atoms with E-state index >= 15 is 0 Å². The second-order valence-corrected chi connectivity index (χ2v) is 2.96. The van der Waals surface area contributed by atoms with Crippen molar-refractivity contribution in [3.8, 4) is 0 Å². The summed E-state index contributed by atoms with van der Waals surface area (Å²) >= 11 is 0. The van der Waals surface area contributed by atoms with E-state index in [1.165, 1.54) is 0 Å². The summed E-state index contributed by atoms with van der Waals surface area (Å²) in [4.78, 5) is 0. The third kappa shape index (κ3) is 1.32. The van der Waals surface area contributed by atoms with Crippen LogP contribution in [0.15, 0.2) is 0 Å². The van der Waals surface area contributed by atoms with Crippen LogP contribution in [0.1, 0.15) is 20.3 Å². The Bertz CT molecular complexity index is 103. The van der Waals surface area contributed by atoms with Crippen molar-refractivity contribution in [3.63, 3.8) is 0 Å². The molecule has 1 fully saturated rings. The first-order valence-electron chi connectivity index (χ1n) is 3.94. The number of ether oxygens (including phenoxy) is 2. The molecule has 3 atom stereocenters. The predicted octanol–water partition coefficient (Wildman–Crippen LogP) is 1.45. The Labute approximate surface area is 62.5 Å². The molecule has 0 aliphatic carbocycles. The second-order valence-electron chi connectivity index (χ2n) is 2.96. The molecule has 10 heavy (non-hydrogen) atoms. The van der Waals surface area contributed by atoms with Crippen LogP contribution in [-0.2, 0) is 9.47 Å². The molecule has 0 aromatic heterocycles. The van der Waals surface area contributed by atoms with Gasteiger partial charge in [-0.2, -0.15) is 0 Å². The first kappa shape index (κ1) is 8.02. The summed E-state index contributed by atoms with van der Waals surface area (Å²) in [5.41, 5.74) is 0. The van der Waals surface area contributed by atoms with Gasteiger partial charge in [0.1, 0.15) is 0 Å². The van der Waals surface area contributed by atoms with E-state index in [4.69, 9.17) is 9.47 Å². The van der Waals surface area contributed by atoms with Crippen LogP contribution in [0, 0.1) is 5.92 Å². The monoisotopic (exact) mass is 144 g/mol. The SMILES string of the molecule is CC[C@H]1OC[C@@H](C)[C@H]1OC. The Morgan fingerprint density at radius 1 is 1.60 bits per heavy atom. The van der Waals surface area contributed by atoms with Gasteiger partial charge >= 0.3 is 0 Å². The summed E-state index contributed by atoms with van der Waals surface area (Å²) in [6.07, 6.45) is 1.72. The largest absolute Gasteiger partial charge is 0.378 e. The van der Waals surface area contributed by atoms with Crippen molar-refractivity contribution in [3.05, 3.63) is 0 Å². The Balaban J connectivity index is 2.45. The zero-order valence-corrected chi connectivity index (χ0v) is 6.96. The van der Waals surface area contributed by atoms with E-state index in [-0.39, 0.29) is 0 Å². The highest BCUT2D eigenvalue weighted by Gasteiger charge is 2.32. The van der Waals surface area contributed by atoms with Gasteiger partial charge in [-0.1, -0.05) is 13.8 Å². The van der Waals surface area contributed by atoms with Gasteiger partial charge in [0.05, 0.1) is 18.8 Å². The van der Waals surface area contributed by atoms with Crippen molar-refractivity contribution < 1.29 is 9.47 Å². The van der Waals surface area contributed by atoms with Gasteiger partial charge in [0, 0.05) is 13.0 Å². The van der Waals surface area contributed by atoms with Gasteiger partial charge in [-0.3, -0.25) is 0 Å². The van der Waals surface area contributed by atoms with Crippen molar-refractivity contribution in [1.29, 1.82) is 0 Å². The quantitative estimate of drug-likeness (QED) is 0.584. The molecule has 0 bridgehead atoms. The predicted molar refractivity (Wildman–Crippen MR) is 40.0 cm³/mol. The maximum Gasteiger partial charge on any atom is 0.0880 e. The molecule has 1 aliphatic rings. The molecular formula is C8H16O2. The molecule has 2 heteroatoms. The second kappa shape index (κ2) is 3.35. The standard InChI is InChI=1S/C8H16O2/c1-4-7-8(9-3)6(2)5-10-7/h6-8H,4-5H2,1-3H3/t6-,7-,8-/m1/s1. The van der Waals surface area contributed by atoms with E-state index in [0.717, 1.165) is 13.0 Å². The summed E-state index contributed by atoms with van der Waals surface area (Å²) in [5.74, 6) is 0.565. The summed E-state index contributed by atoms with van der Waals surface area (Å²) < 4.78 is 10.8. The van der Waals surface area contributed by atoms with Crippen LogP contribution >= 0.6 is 0 Å². The molecule has 0 unspecified atom stereocenters. The molecule has 0 radical (unpaired) electrons. The number of rotatable bonds is 2. The van der Waals surface area contributed by atoms with E-state index < -0.39 is 0 Å². The van der Waals surface area contributed by atoms with Gasteiger partial charge in [-0.25, -0.2) is 0 Å².